The minimum Gasteiger partial charge on any atom is -0.334 e. The molecule has 2 aromatic carbocycles. The number of rotatable bonds is 3. The summed E-state index contributed by atoms with van der Waals surface area (Å²) < 4.78 is 1.75. The van der Waals surface area contributed by atoms with Gasteiger partial charge in [0.05, 0.1) is 11.7 Å². The van der Waals surface area contributed by atoms with Crippen LogP contribution in [0.4, 0.5) is 4.79 Å². The van der Waals surface area contributed by atoms with Gasteiger partial charge in [-0.2, -0.15) is 5.10 Å². The second-order valence-electron chi connectivity index (χ2n) is 9.17. The fourth-order valence-corrected chi connectivity index (χ4v) is 5.67. The van der Waals surface area contributed by atoms with Crippen LogP contribution in [0, 0.1) is 5.92 Å². The average Bonchev–Trinajstić information content (AvgIpc) is 3.39. The summed E-state index contributed by atoms with van der Waals surface area (Å²) in [5.41, 5.74) is 4.62. The number of fused-ring (bicyclic) bond motifs is 4. The van der Waals surface area contributed by atoms with E-state index in [2.05, 4.69) is 56.7 Å². The highest BCUT2D eigenvalue weighted by molar-refractivity contribution is 5.76. The Labute approximate surface area is 188 Å². The molecule has 2 atom stereocenters. The van der Waals surface area contributed by atoms with Gasteiger partial charge in [0.2, 0.25) is 0 Å². The number of nitrogens with zero attached hydrogens (tertiary/aromatic N) is 5. The predicted molar refractivity (Wildman–Crippen MR) is 122 cm³/mol. The van der Waals surface area contributed by atoms with Gasteiger partial charge >= 0.3 is 6.03 Å². The van der Waals surface area contributed by atoms with Gasteiger partial charge in [0.1, 0.15) is 12.7 Å². The smallest absolute Gasteiger partial charge is 0.318 e. The molecule has 3 aromatic rings. The Morgan fingerprint density at radius 3 is 2.53 bits per heavy atom. The molecule has 4 aliphatic heterocycles. The first-order valence-electron chi connectivity index (χ1n) is 11.6. The largest absolute Gasteiger partial charge is 0.334 e. The molecule has 164 valence electrons. The molecular formula is C25H28N6O. The molecule has 5 heterocycles. The fraction of sp³-hybridized carbons (Fsp3) is 0.400. The predicted octanol–water partition coefficient (Wildman–Crippen LogP) is 3.02. The van der Waals surface area contributed by atoms with Gasteiger partial charge in [0.25, 0.3) is 0 Å². The molecule has 7 heteroatoms. The monoisotopic (exact) mass is 428 g/mol. The van der Waals surface area contributed by atoms with Crippen molar-refractivity contribution in [2.75, 3.05) is 26.2 Å². The van der Waals surface area contributed by atoms with Crippen LogP contribution in [0.15, 0.2) is 61.2 Å². The van der Waals surface area contributed by atoms with Crippen molar-refractivity contribution < 1.29 is 4.79 Å². The number of carbonyl (C=O) groups excluding carboxylic acids is 1. The van der Waals surface area contributed by atoms with Crippen LogP contribution >= 0.6 is 0 Å². The Hall–Kier alpha value is -3.19. The molecule has 0 unspecified atom stereocenters. The maximum atomic E-state index is 13.6. The molecule has 32 heavy (non-hydrogen) atoms. The highest BCUT2D eigenvalue weighted by Crippen LogP contribution is 2.36. The van der Waals surface area contributed by atoms with Crippen LogP contribution in [0.3, 0.4) is 0 Å². The molecule has 0 saturated carbocycles. The maximum Gasteiger partial charge on any atom is 0.318 e. The molecule has 3 fully saturated rings. The highest BCUT2D eigenvalue weighted by atomic mass is 16.2. The first kappa shape index (κ1) is 19.5. The summed E-state index contributed by atoms with van der Waals surface area (Å²) in [6.07, 6.45) is 6.50. The summed E-state index contributed by atoms with van der Waals surface area (Å²) in [5, 5.41) is 7.63. The van der Waals surface area contributed by atoms with Crippen LogP contribution in [-0.4, -0.2) is 62.8 Å². The van der Waals surface area contributed by atoms with Crippen molar-refractivity contribution in [1.29, 1.82) is 0 Å². The van der Waals surface area contributed by atoms with E-state index in [-0.39, 0.29) is 18.1 Å². The van der Waals surface area contributed by atoms with Crippen molar-refractivity contribution in [3.63, 3.8) is 0 Å². The number of urea groups is 1. The molecule has 4 aliphatic rings. The second kappa shape index (κ2) is 8.06. The van der Waals surface area contributed by atoms with Crippen molar-refractivity contribution in [2.24, 2.45) is 5.92 Å². The van der Waals surface area contributed by atoms with Gasteiger partial charge in [-0.05, 0) is 67.1 Å². The third-order valence-corrected chi connectivity index (χ3v) is 7.40. The first-order valence-corrected chi connectivity index (χ1v) is 11.6. The van der Waals surface area contributed by atoms with E-state index >= 15 is 0 Å². The van der Waals surface area contributed by atoms with E-state index in [0.29, 0.717) is 5.92 Å². The molecule has 0 aliphatic carbocycles. The lowest BCUT2D eigenvalue weighted by atomic mass is 9.84. The maximum absolute atomic E-state index is 13.6. The van der Waals surface area contributed by atoms with Crippen LogP contribution in [0.2, 0.25) is 0 Å². The summed E-state index contributed by atoms with van der Waals surface area (Å²) in [6.45, 7) is 4.06. The molecule has 0 spiro atoms. The summed E-state index contributed by atoms with van der Waals surface area (Å²) in [4.78, 5) is 22.1. The molecular weight excluding hydrogens is 400 g/mol. The standard InChI is InChI=1S/C25H28N6O/c32-25(28-23-15-29-12-9-19(23)10-13-29)30-14-11-18-3-1-2-4-22(18)24(30)20-5-7-21(8-6-20)31-17-26-16-27-31/h1-8,16-17,19,23-24H,9-15H2,(H,28,32)/t23-,24-/m1/s1. The van der Waals surface area contributed by atoms with Crippen molar-refractivity contribution >= 4 is 6.03 Å². The van der Waals surface area contributed by atoms with Gasteiger partial charge in [0, 0.05) is 19.1 Å². The molecule has 7 rings (SSSR count). The number of carbonyl (C=O) groups is 1. The minimum absolute atomic E-state index is 0.0589. The molecule has 0 radical (unpaired) electrons. The van der Waals surface area contributed by atoms with Crippen molar-refractivity contribution in [2.45, 2.75) is 31.3 Å². The van der Waals surface area contributed by atoms with Crippen LogP contribution in [-0.2, 0) is 6.42 Å². The second-order valence-corrected chi connectivity index (χ2v) is 9.17. The van der Waals surface area contributed by atoms with Crippen molar-refractivity contribution in [3.8, 4) is 5.69 Å². The van der Waals surface area contributed by atoms with Gasteiger partial charge in [0.15, 0.2) is 0 Å². The highest BCUT2D eigenvalue weighted by Gasteiger charge is 2.38. The normalized spacial score (nSPS) is 26.6. The van der Waals surface area contributed by atoms with E-state index in [1.165, 1.54) is 43.4 Å². The Bertz CT molecular complexity index is 1090. The zero-order valence-electron chi connectivity index (χ0n) is 18.1. The Morgan fingerprint density at radius 2 is 1.81 bits per heavy atom. The molecule has 2 amide bonds. The lowest BCUT2D eigenvalue weighted by molar-refractivity contribution is 0.0715. The van der Waals surface area contributed by atoms with Crippen molar-refractivity contribution in [1.82, 2.24) is 29.9 Å². The number of nitrogens with one attached hydrogen (secondary N) is 1. The summed E-state index contributed by atoms with van der Waals surface area (Å²) in [7, 11) is 0. The fourth-order valence-electron chi connectivity index (χ4n) is 5.67. The van der Waals surface area contributed by atoms with E-state index in [1.807, 2.05) is 17.0 Å². The zero-order valence-corrected chi connectivity index (χ0v) is 18.1. The molecule has 1 aromatic heterocycles. The Kier molecular flexibility index (Phi) is 4.91. The lowest BCUT2D eigenvalue weighted by Crippen LogP contribution is -2.59. The van der Waals surface area contributed by atoms with Gasteiger partial charge in [-0.1, -0.05) is 36.4 Å². The van der Waals surface area contributed by atoms with E-state index in [0.717, 1.165) is 30.8 Å². The van der Waals surface area contributed by atoms with Crippen LogP contribution in [0.5, 0.6) is 0 Å². The topological polar surface area (TPSA) is 66.3 Å². The van der Waals surface area contributed by atoms with E-state index < -0.39 is 0 Å². The molecule has 3 saturated heterocycles. The van der Waals surface area contributed by atoms with Crippen molar-refractivity contribution in [3.05, 3.63) is 77.9 Å². The van der Waals surface area contributed by atoms with Crippen LogP contribution in [0.25, 0.3) is 5.69 Å². The Morgan fingerprint density at radius 1 is 1.00 bits per heavy atom. The lowest BCUT2D eigenvalue weighted by Gasteiger charge is -2.46. The average molecular weight is 429 g/mol. The molecule has 2 bridgehead atoms. The van der Waals surface area contributed by atoms with E-state index in [1.54, 1.807) is 11.0 Å². The summed E-state index contributed by atoms with van der Waals surface area (Å²) in [5.74, 6) is 0.612. The van der Waals surface area contributed by atoms with Gasteiger partial charge in [-0.25, -0.2) is 14.5 Å². The number of piperidine rings is 3. The first-order chi connectivity index (χ1) is 15.8. The molecule has 1 N–H and O–H groups in total. The SMILES string of the molecule is O=C(N[C@@H]1CN2CCC1CC2)N1CCc2ccccc2[C@H]1c1ccc(-n2cncn2)cc1. The van der Waals surface area contributed by atoms with Crippen LogP contribution in [0.1, 0.15) is 35.6 Å². The summed E-state index contributed by atoms with van der Waals surface area (Å²) in [6, 6.07) is 17.1. The minimum atomic E-state index is -0.0918. The third-order valence-electron chi connectivity index (χ3n) is 7.40. The third kappa shape index (κ3) is 3.46. The molecule has 7 nitrogen and oxygen atoms in total. The number of amides is 2. The zero-order chi connectivity index (χ0) is 21.5. The number of benzene rings is 2. The van der Waals surface area contributed by atoms with Crippen LogP contribution < -0.4 is 5.32 Å². The quantitative estimate of drug-likeness (QED) is 0.697. The Balaban J connectivity index is 1.30. The number of hydrogen-bond donors (Lipinski definition) is 1. The van der Waals surface area contributed by atoms with Gasteiger partial charge < -0.3 is 15.1 Å². The number of aromatic nitrogens is 3. The van der Waals surface area contributed by atoms with Gasteiger partial charge in [-0.15, -0.1) is 0 Å². The summed E-state index contributed by atoms with van der Waals surface area (Å²) >= 11 is 0. The van der Waals surface area contributed by atoms with Gasteiger partial charge in [-0.3, -0.25) is 0 Å². The van der Waals surface area contributed by atoms with E-state index in [9.17, 15) is 4.79 Å². The number of hydrogen-bond acceptors (Lipinski definition) is 4. The van der Waals surface area contributed by atoms with E-state index in [4.69, 9.17) is 0 Å².